The van der Waals surface area contributed by atoms with E-state index in [0.29, 0.717) is 11.5 Å². The summed E-state index contributed by atoms with van der Waals surface area (Å²) in [6.45, 7) is 9.36. The maximum Gasteiger partial charge on any atom is 0.237 e. The molecule has 2 fully saturated rings. The van der Waals surface area contributed by atoms with Crippen LogP contribution in [0.25, 0.3) is 0 Å². The normalized spacial score (nSPS) is 36.2. The molecule has 0 aromatic carbocycles. The molecule has 0 radical (unpaired) electrons. The third-order valence-corrected chi connectivity index (χ3v) is 5.64. The summed E-state index contributed by atoms with van der Waals surface area (Å²) >= 11 is 0. The molecule has 1 saturated carbocycles. The Morgan fingerprint density at radius 1 is 1.35 bits per heavy atom. The van der Waals surface area contributed by atoms with Gasteiger partial charge in [-0.25, -0.2) is 0 Å². The lowest BCUT2D eigenvalue weighted by Gasteiger charge is -2.42. The van der Waals surface area contributed by atoms with Crippen LogP contribution in [0.4, 0.5) is 0 Å². The van der Waals surface area contributed by atoms with Crippen molar-refractivity contribution in [2.24, 2.45) is 17.1 Å². The molecule has 1 heterocycles. The van der Waals surface area contributed by atoms with E-state index in [-0.39, 0.29) is 5.91 Å². The lowest BCUT2D eigenvalue weighted by molar-refractivity contribution is -0.126. The van der Waals surface area contributed by atoms with Crippen LogP contribution in [0.5, 0.6) is 0 Å². The number of hydrogen-bond acceptors (Lipinski definition) is 3. The SMILES string of the molecule is CNC1(C(N)=O)CCCC(N2CCC(C(C)(C)C)C2)C1. The highest BCUT2D eigenvalue weighted by atomic mass is 16.1. The maximum absolute atomic E-state index is 11.8. The molecule has 3 atom stereocenters. The van der Waals surface area contributed by atoms with Gasteiger partial charge in [0.05, 0.1) is 5.54 Å². The van der Waals surface area contributed by atoms with E-state index in [4.69, 9.17) is 5.73 Å². The van der Waals surface area contributed by atoms with Crippen LogP contribution in [0, 0.1) is 11.3 Å². The summed E-state index contributed by atoms with van der Waals surface area (Å²) < 4.78 is 0. The maximum atomic E-state index is 11.8. The lowest BCUT2D eigenvalue weighted by Crippen LogP contribution is -2.59. The fourth-order valence-electron chi connectivity index (χ4n) is 3.96. The molecule has 4 heteroatoms. The van der Waals surface area contributed by atoms with E-state index in [9.17, 15) is 4.79 Å². The van der Waals surface area contributed by atoms with Crippen molar-refractivity contribution in [3.05, 3.63) is 0 Å². The fraction of sp³-hybridized carbons (Fsp3) is 0.938. The first-order chi connectivity index (χ1) is 9.28. The Kier molecular flexibility index (Phi) is 4.45. The van der Waals surface area contributed by atoms with Crippen molar-refractivity contribution in [2.75, 3.05) is 20.1 Å². The van der Waals surface area contributed by atoms with Crippen LogP contribution in [0.1, 0.15) is 52.9 Å². The molecule has 0 aromatic rings. The predicted molar refractivity (Wildman–Crippen MR) is 82.4 cm³/mol. The van der Waals surface area contributed by atoms with Crippen LogP contribution in [-0.4, -0.2) is 42.5 Å². The van der Waals surface area contributed by atoms with E-state index in [1.54, 1.807) is 0 Å². The van der Waals surface area contributed by atoms with Gasteiger partial charge in [-0.2, -0.15) is 0 Å². The number of likely N-dealkylation sites (tertiary alicyclic amines) is 1. The van der Waals surface area contributed by atoms with Gasteiger partial charge in [-0.3, -0.25) is 9.69 Å². The Bertz CT molecular complexity index is 363. The van der Waals surface area contributed by atoms with Gasteiger partial charge < -0.3 is 11.1 Å². The highest BCUT2D eigenvalue weighted by Gasteiger charge is 2.43. The average molecular weight is 281 g/mol. The molecule has 20 heavy (non-hydrogen) atoms. The second-order valence-electron chi connectivity index (χ2n) is 7.79. The van der Waals surface area contributed by atoms with E-state index >= 15 is 0 Å². The van der Waals surface area contributed by atoms with E-state index in [1.807, 2.05) is 7.05 Å². The molecule has 0 bridgehead atoms. The number of carbonyl (C=O) groups is 1. The molecular weight excluding hydrogens is 250 g/mol. The number of primary amides is 1. The summed E-state index contributed by atoms with van der Waals surface area (Å²) in [5.74, 6) is 0.582. The number of amides is 1. The lowest BCUT2D eigenvalue weighted by atomic mass is 9.77. The first kappa shape index (κ1) is 15.8. The molecule has 2 aliphatic rings. The average Bonchev–Trinajstić information content (AvgIpc) is 2.88. The van der Waals surface area contributed by atoms with Crippen molar-refractivity contribution in [1.29, 1.82) is 0 Å². The van der Waals surface area contributed by atoms with E-state index in [1.165, 1.54) is 25.9 Å². The Morgan fingerprint density at radius 3 is 2.55 bits per heavy atom. The van der Waals surface area contributed by atoms with Crippen molar-refractivity contribution in [3.8, 4) is 0 Å². The van der Waals surface area contributed by atoms with Crippen LogP contribution in [-0.2, 0) is 4.79 Å². The van der Waals surface area contributed by atoms with Crippen molar-refractivity contribution in [2.45, 2.75) is 64.5 Å². The molecule has 0 spiro atoms. The largest absolute Gasteiger partial charge is 0.368 e. The van der Waals surface area contributed by atoms with Gasteiger partial charge in [-0.15, -0.1) is 0 Å². The second kappa shape index (κ2) is 5.64. The molecule has 116 valence electrons. The molecule has 1 aliphatic heterocycles. The van der Waals surface area contributed by atoms with Crippen LogP contribution in [0.3, 0.4) is 0 Å². The van der Waals surface area contributed by atoms with Gasteiger partial charge in [-0.05, 0) is 57.0 Å². The number of nitrogens with zero attached hydrogens (tertiary/aromatic N) is 1. The van der Waals surface area contributed by atoms with E-state index < -0.39 is 5.54 Å². The van der Waals surface area contributed by atoms with Crippen LogP contribution >= 0.6 is 0 Å². The molecule has 0 aromatic heterocycles. The van der Waals surface area contributed by atoms with E-state index in [0.717, 1.165) is 25.2 Å². The third-order valence-electron chi connectivity index (χ3n) is 5.64. The first-order valence-corrected chi connectivity index (χ1v) is 8.01. The summed E-state index contributed by atoms with van der Waals surface area (Å²) in [4.78, 5) is 14.4. The Hall–Kier alpha value is -0.610. The molecule has 1 aliphatic carbocycles. The standard InChI is InChI=1S/C16H31N3O/c1-15(2,3)12-7-9-19(11-12)13-6-5-8-16(10-13,18-4)14(17)20/h12-13,18H,5-11H2,1-4H3,(H2,17,20). The monoisotopic (exact) mass is 281 g/mol. The minimum Gasteiger partial charge on any atom is -0.368 e. The van der Waals surface area contributed by atoms with Gasteiger partial charge in [-0.1, -0.05) is 20.8 Å². The molecule has 3 N–H and O–H groups in total. The first-order valence-electron chi connectivity index (χ1n) is 8.01. The van der Waals surface area contributed by atoms with Crippen LogP contribution in [0.15, 0.2) is 0 Å². The summed E-state index contributed by atoms with van der Waals surface area (Å²) in [6, 6.07) is 0.510. The minimum atomic E-state index is -0.483. The number of rotatable bonds is 3. The predicted octanol–water partition coefficient (Wildman–Crippen LogP) is 1.74. The molecule has 3 unspecified atom stereocenters. The van der Waals surface area contributed by atoms with Gasteiger partial charge >= 0.3 is 0 Å². The third kappa shape index (κ3) is 3.01. The molecule has 1 saturated heterocycles. The number of carbonyl (C=O) groups excluding carboxylic acids is 1. The molecular formula is C16H31N3O. The van der Waals surface area contributed by atoms with Gasteiger partial charge in [0.1, 0.15) is 0 Å². The minimum absolute atomic E-state index is 0.184. The van der Waals surface area contributed by atoms with E-state index in [2.05, 4.69) is 31.0 Å². The number of nitrogens with two attached hydrogens (primary N) is 1. The zero-order valence-electron chi connectivity index (χ0n) is 13.5. The van der Waals surface area contributed by atoms with Gasteiger partial charge in [0.25, 0.3) is 0 Å². The Balaban J connectivity index is 2.02. The van der Waals surface area contributed by atoms with Crippen LogP contribution in [0.2, 0.25) is 0 Å². The fourth-order valence-corrected chi connectivity index (χ4v) is 3.96. The van der Waals surface area contributed by atoms with Crippen molar-refractivity contribution in [1.82, 2.24) is 10.2 Å². The van der Waals surface area contributed by atoms with Gasteiger partial charge in [0.15, 0.2) is 0 Å². The quantitative estimate of drug-likeness (QED) is 0.828. The molecule has 2 rings (SSSR count). The number of likely N-dealkylation sites (N-methyl/N-ethyl adjacent to an activating group) is 1. The van der Waals surface area contributed by atoms with Crippen molar-refractivity contribution < 1.29 is 4.79 Å². The number of nitrogens with one attached hydrogen (secondary N) is 1. The summed E-state index contributed by atoms with van der Waals surface area (Å²) in [5, 5.41) is 3.21. The zero-order valence-corrected chi connectivity index (χ0v) is 13.5. The summed E-state index contributed by atoms with van der Waals surface area (Å²) in [5.41, 5.74) is 5.55. The molecule has 4 nitrogen and oxygen atoms in total. The molecule has 1 amide bonds. The van der Waals surface area contributed by atoms with Gasteiger partial charge in [0, 0.05) is 12.6 Å². The number of hydrogen-bond donors (Lipinski definition) is 2. The second-order valence-corrected chi connectivity index (χ2v) is 7.79. The van der Waals surface area contributed by atoms with Crippen molar-refractivity contribution >= 4 is 5.91 Å². The Labute approximate surface area is 123 Å². The highest BCUT2D eigenvalue weighted by molar-refractivity contribution is 5.84. The van der Waals surface area contributed by atoms with Crippen LogP contribution < -0.4 is 11.1 Å². The van der Waals surface area contributed by atoms with Crippen molar-refractivity contribution in [3.63, 3.8) is 0 Å². The summed E-state index contributed by atoms with van der Waals surface area (Å²) in [6.07, 6.45) is 5.32. The Morgan fingerprint density at radius 2 is 2.05 bits per heavy atom. The highest BCUT2D eigenvalue weighted by Crippen LogP contribution is 2.38. The topological polar surface area (TPSA) is 58.4 Å². The summed E-state index contributed by atoms with van der Waals surface area (Å²) in [7, 11) is 1.87. The van der Waals surface area contributed by atoms with Gasteiger partial charge in [0.2, 0.25) is 5.91 Å². The zero-order chi connectivity index (χ0) is 15.0. The smallest absolute Gasteiger partial charge is 0.237 e.